The first kappa shape index (κ1) is 20.4. The van der Waals surface area contributed by atoms with Gasteiger partial charge in [0, 0.05) is 18.3 Å². The number of nitrogens with zero attached hydrogens (tertiary/aromatic N) is 1. The molecular weight excluding hydrogens is 427 g/mol. The van der Waals surface area contributed by atoms with Crippen LogP contribution in [0.2, 0.25) is 0 Å². The molecule has 0 saturated heterocycles. The predicted octanol–water partition coefficient (Wildman–Crippen LogP) is 3.46. The number of carbonyl (C=O) groups is 1. The Labute approximate surface area is 177 Å². The normalized spacial score (nSPS) is 12.9. The number of nitrogens with one attached hydrogen (secondary N) is 3. The van der Waals surface area contributed by atoms with Gasteiger partial charge < -0.3 is 14.8 Å². The van der Waals surface area contributed by atoms with Crippen molar-refractivity contribution in [3.63, 3.8) is 0 Å². The lowest BCUT2D eigenvalue weighted by molar-refractivity contribution is 0.250. The number of hydrogen-bond donors (Lipinski definition) is 3. The maximum atomic E-state index is 14.6. The number of ether oxygens (including phenoxy) is 2. The second-order valence-electron chi connectivity index (χ2n) is 6.48. The van der Waals surface area contributed by atoms with Crippen molar-refractivity contribution in [2.24, 2.45) is 0 Å². The zero-order chi connectivity index (χ0) is 22.0. The SMILES string of the molecule is COc1cccc(S(=O)(=O)Nc2ccc(Oc3ccnc4c3CNC(=O)N4)c(F)c2)c1. The third-order valence-corrected chi connectivity index (χ3v) is 5.80. The number of carbonyl (C=O) groups excluding carboxylic acids is 1. The van der Waals surface area contributed by atoms with Gasteiger partial charge in [-0.2, -0.15) is 0 Å². The number of halogens is 1. The zero-order valence-corrected chi connectivity index (χ0v) is 17.0. The quantitative estimate of drug-likeness (QED) is 0.536. The summed E-state index contributed by atoms with van der Waals surface area (Å²) in [5.41, 5.74) is 0.586. The van der Waals surface area contributed by atoms with Crippen LogP contribution in [-0.4, -0.2) is 26.5 Å². The second kappa shape index (κ2) is 8.11. The van der Waals surface area contributed by atoms with Gasteiger partial charge in [-0.25, -0.2) is 22.6 Å². The summed E-state index contributed by atoms with van der Waals surface area (Å²) in [4.78, 5) is 15.4. The first-order valence-electron chi connectivity index (χ1n) is 9.03. The molecule has 11 heteroatoms. The fourth-order valence-electron chi connectivity index (χ4n) is 2.92. The molecule has 0 fully saturated rings. The number of amides is 2. The van der Waals surface area contributed by atoms with Crippen LogP contribution < -0.4 is 24.8 Å². The van der Waals surface area contributed by atoms with Crippen LogP contribution in [0.4, 0.5) is 20.7 Å². The maximum absolute atomic E-state index is 14.6. The molecule has 1 aromatic heterocycles. The van der Waals surface area contributed by atoms with Crippen molar-refractivity contribution in [2.45, 2.75) is 11.4 Å². The molecule has 0 bridgehead atoms. The Kier molecular flexibility index (Phi) is 5.34. The van der Waals surface area contributed by atoms with E-state index < -0.39 is 21.9 Å². The van der Waals surface area contributed by atoms with E-state index in [2.05, 4.69) is 20.3 Å². The van der Waals surface area contributed by atoms with Gasteiger partial charge in [0.05, 0.1) is 29.8 Å². The van der Waals surface area contributed by atoms with Crippen molar-refractivity contribution in [1.82, 2.24) is 10.3 Å². The lowest BCUT2D eigenvalue weighted by Crippen LogP contribution is -2.34. The van der Waals surface area contributed by atoms with Crippen LogP contribution >= 0.6 is 0 Å². The number of rotatable bonds is 6. The van der Waals surface area contributed by atoms with Crippen LogP contribution in [0.1, 0.15) is 5.56 Å². The summed E-state index contributed by atoms with van der Waals surface area (Å²) in [5.74, 6) is 0.119. The van der Waals surface area contributed by atoms with Crippen LogP contribution in [-0.2, 0) is 16.6 Å². The zero-order valence-electron chi connectivity index (χ0n) is 16.2. The summed E-state index contributed by atoms with van der Waals surface area (Å²) in [6.07, 6.45) is 1.42. The standard InChI is InChI=1S/C20H17FN4O5S/c1-29-13-3-2-4-14(10-13)31(27,28)25-12-5-6-18(16(21)9-12)30-17-7-8-22-19-15(17)11-23-20(26)24-19/h2-10,25H,11H2,1H3,(H2,22,23,24,26). The summed E-state index contributed by atoms with van der Waals surface area (Å²) in [6.45, 7) is 0.171. The third kappa shape index (κ3) is 4.36. The summed E-state index contributed by atoms with van der Waals surface area (Å²) in [6, 6.07) is 10.8. The molecule has 0 spiro atoms. The van der Waals surface area contributed by atoms with Gasteiger partial charge in [-0.05, 0) is 30.3 Å². The van der Waals surface area contributed by atoms with Crippen molar-refractivity contribution in [3.05, 3.63) is 66.1 Å². The molecule has 2 amide bonds. The van der Waals surface area contributed by atoms with Crippen molar-refractivity contribution in [3.8, 4) is 17.2 Å². The minimum Gasteiger partial charge on any atom is -0.497 e. The van der Waals surface area contributed by atoms with Crippen molar-refractivity contribution in [2.75, 3.05) is 17.1 Å². The molecule has 0 atom stereocenters. The molecule has 160 valence electrons. The van der Waals surface area contributed by atoms with Crippen LogP contribution in [0.3, 0.4) is 0 Å². The number of sulfonamides is 1. The van der Waals surface area contributed by atoms with Gasteiger partial charge in [-0.15, -0.1) is 0 Å². The van der Waals surface area contributed by atoms with Crippen molar-refractivity contribution < 1.29 is 27.1 Å². The molecule has 1 aliphatic rings. The van der Waals surface area contributed by atoms with Gasteiger partial charge in [0.2, 0.25) is 0 Å². The van der Waals surface area contributed by atoms with E-state index >= 15 is 0 Å². The summed E-state index contributed by atoms with van der Waals surface area (Å²) >= 11 is 0. The molecule has 4 rings (SSSR count). The van der Waals surface area contributed by atoms with Crippen LogP contribution in [0.25, 0.3) is 0 Å². The number of methoxy groups -OCH3 is 1. The molecule has 2 aromatic carbocycles. The Bertz CT molecular complexity index is 1270. The van der Waals surface area contributed by atoms with Crippen LogP contribution in [0.5, 0.6) is 17.2 Å². The topological polar surface area (TPSA) is 119 Å². The minimum absolute atomic E-state index is 0.0226. The molecule has 3 N–H and O–H groups in total. The number of fused-ring (bicyclic) bond motifs is 1. The van der Waals surface area contributed by atoms with E-state index in [1.807, 2.05) is 0 Å². The first-order valence-corrected chi connectivity index (χ1v) is 10.5. The predicted molar refractivity (Wildman–Crippen MR) is 110 cm³/mol. The van der Waals surface area contributed by atoms with E-state index in [0.717, 1.165) is 6.07 Å². The molecule has 3 aromatic rings. The highest BCUT2D eigenvalue weighted by Gasteiger charge is 2.21. The Morgan fingerprint density at radius 1 is 1.13 bits per heavy atom. The minimum atomic E-state index is -3.95. The van der Waals surface area contributed by atoms with E-state index in [9.17, 15) is 17.6 Å². The molecule has 0 radical (unpaired) electrons. The second-order valence-corrected chi connectivity index (χ2v) is 8.16. The molecular formula is C20H17FN4O5S. The molecule has 31 heavy (non-hydrogen) atoms. The van der Waals surface area contributed by atoms with Gasteiger partial charge in [-0.3, -0.25) is 10.0 Å². The highest BCUT2D eigenvalue weighted by molar-refractivity contribution is 7.92. The number of aromatic nitrogens is 1. The van der Waals surface area contributed by atoms with Crippen LogP contribution in [0, 0.1) is 5.82 Å². The molecule has 0 aliphatic carbocycles. The van der Waals surface area contributed by atoms with Crippen molar-refractivity contribution >= 4 is 27.6 Å². The average molecular weight is 444 g/mol. The van der Waals surface area contributed by atoms with E-state index in [4.69, 9.17) is 9.47 Å². The number of pyridine rings is 1. The monoisotopic (exact) mass is 444 g/mol. The van der Waals surface area contributed by atoms with Gasteiger partial charge in [0.15, 0.2) is 11.6 Å². The largest absolute Gasteiger partial charge is 0.497 e. The average Bonchev–Trinajstić information content (AvgIpc) is 2.75. The molecule has 1 aliphatic heterocycles. The van der Waals surface area contributed by atoms with E-state index in [-0.39, 0.29) is 22.9 Å². The fourth-order valence-corrected chi connectivity index (χ4v) is 4.00. The highest BCUT2D eigenvalue weighted by atomic mass is 32.2. The Morgan fingerprint density at radius 3 is 2.74 bits per heavy atom. The Balaban J connectivity index is 1.55. The molecule has 2 heterocycles. The Hall–Kier alpha value is -3.86. The Morgan fingerprint density at radius 2 is 1.97 bits per heavy atom. The smallest absolute Gasteiger partial charge is 0.320 e. The number of hydrogen-bond acceptors (Lipinski definition) is 6. The summed E-state index contributed by atoms with van der Waals surface area (Å²) in [5, 5.41) is 5.13. The third-order valence-electron chi connectivity index (χ3n) is 4.43. The van der Waals surface area contributed by atoms with E-state index in [1.54, 1.807) is 6.07 Å². The lowest BCUT2D eigenvalue weighted by Gasteiger charge is -2.20. The maximum Gasteiger partial charge on any atom is 0.320 e. The molecule has 9 nitrogen and oxygen atoms in total. The highest BCUT2D eigenvalue weighted by Crippen LogP contribution is 2.33. The summed E-state index contributed by atoms with van der Waals surface area (Å²) in [7, 11) is -2.52. The van der Waals surface area contributed by atoms with Crippen molar-refractivity contribution in [1.29, 1.82) is 0 Å². The van der Waals surface area contributed by atoms with Gasteiger partial charge in [0.1, 0.15) is 17.3 Å². The van der Waals surface area contributed by atoms with Gasteiger partial charge in [-0.1, -0.05) is 6.07 Å². The summed E-state index contributed by atoms with van der Waals surface area (Å²) < 4.78 is 52.8. The lowest BCUT2D eigenvalue weighted by atomic mass is 10.2. The van der Waals surface area contributed by atoms with Gasteiger partial charge in [0.25, 0.3) is 10.0 Å². The number of urea groups is 1. The molecule has 0 saturated carbocycles. The fraction of sp³-hybridized carbons (Fsp3) is 0.100. The molecule has 0 unspecified atom stereocenters. The number of anilines is 2. The van der Waals surface area contributed by atoms with Crippen LogP contribution in [0.15, 0.2) is 59.6 Å². The van der Waals surface area contributed by atoms with E-state index in [1.165, 1.54) is 49.7 Å². The first-order chi connectivity index (χ1) is 14.9. The van der Waals surface area contributed by atoms with E-state index in [0.29, 0.717) is 22.9 Å². The van der Waals surface area contributed by atoms with Gasteiger partial charge >= 0.3 is 6.03 Å². The number of benzene rings is 2.